The molecular formula is C19H16F2N2O5. The smallest absolute Gasteiger partial charge is 0.493 e. The fourth-order valence-corrected chi connectivity index (χ4v) is 2.52. The van der Waals surface area contributed by atoms with Gasteiger partial charge in [-0.25, -0.2) is 0 Å². The Bertz CT molecular complexity index is 927. The van der Waals surface area contributed by atoms with Crippen LogP contribution >= 0.6 is 0 Å². The number of anilines is 1. The minimum Gasteiger partial charge on any atom is -0.493 e. The molecule has 7 nitrogen and oxygen atoms in total. The molecule has 1 heterocycles. The first-order valence-corrected chi connectivity index (χ1v) is 8.31. The van der Waals surface area contributed by atoms with E-state index >= 15 is 0 Å². The van der Waals surface area contributed by atoms with Crippen LogP contribution in [0.4, 0.5) is 14.5 Å². The highest BCUT2D eigenvalue weighted by Crippen LogP contribution is 2.42. The van der Waals surface area contributed by atoms with Gasteiger partial charge in [0.05, 0.1) is 25.3 Å². The molecule has 146 valence electrons. The number of amides is 1. The molecule has 9 heteroatoms. The molecule has 0 aromatic heterocycles. The van der Waals surface area contributed by atoms with E-state index in [-0.39, 0.29) is 30.4 Å². The number of alkyl halides is 2. The maximum absolute atomic E-state index is 13.0. The molecule has 0 unspecified atom stereocenters. The van der Waals surface area contributed by atoms with Crippen LogP contribution in [0.1, 0.15) is 18.4 Å². The average Bonchev–Trinajstić information content (AvgIpc) is 2.98. The summed E-state index contributed by atoms with van der Waals surface area (Å²) in [6, 6.07) is 10.8. The van der Waals surface area contributed by atoms with Crippen LogP contribution in [0.3, 0.4) is 0 Å². The Hall–Kier alpha value is -3.54. The molecule has 0 saturated heterocycles. The van der Waals surface area contributed by atoms with Crippen molar-refractivity contribution in [3.8, 4) is 29.1 Å². The van der Waals surface area contributed by atoms with E-state index in [0.29, 0.717) is 29.2 Å². The topological polar surface area (TPSA) is 89.8 Å². The fourth-order valence-electron chi connectivity index (χ4n) is 2.52. The number of nitriles is 1. The van der Waals surface area contributed by atoms with Crippen molar-refractivity contribution in [1.29, 1.82) is 5.26 Å². The first kappa shape index (κ1) is 19.2. The van der Waals surface area contributed by atoms with Crippen molar-refractivity contribution in [3.63, 3.8) is 0 Å². The second-order valence-corrected chi connectivity index (χ2v) is 5.81. The summed E-state index contributed by atoms with van der Waals surface area (Å²) in [5, 5.41) is 11.5. The lowest BCUT2D eigenvalue weighted by molar-refractivity contribution is -0.286. The summed E-state index contributed by atoms with van der Waals surface area (Å²) in [7, 11) is 1.47. The van der Waals surface area contributed by atoms with E-state index in [1.807, 2.05) is 6.07 Å². The molecule has 0 fully saturated rings. The Morgan fingerprint density at radius 2 is 1.96 bits per heavy atom. The summed E-state index contributed by atoms with van der Waals surface area (Å²) >= 11 is 0. The summed E-state index contributed by atoms with van der Waals surface area (Å²) in [6.07, 6.45) is -3.13. The van der Waals surface area contributed by atoms with E-state index < -0.39 is 6.29 Å². The summed E-state index contributed by atoms with van der Waals surface area (Å²) in [6.45, 7) is 0.253. The van der Waals surface area contributed by atoms with Crippen LogP contribution in [-0.2, 0) is 4.79 Å². The number of halogens is 2. The molecule has 1 aliphatic rings. The molecule has 1 aliphatic heterocycles. The van der Waals surface area contributed by atoms with Crippen LogP contribution in [0.5, 0.6) is 23.0 Å². The zero-order valence-electron chi connectivity index (χ0n) is 14.8. The van der Waals surface area contributed by atoms with E-state index in [1.54, 1.807) is 18.2 Å². The van der Waals surface area contributed by atoms with Crippen molar-refractivity contribution in [1.82, 2.24) is 0 Å². The van der Waals surface area contributed by atoms with Crippen LogP contribution in [0.25, 0.3) is 0 Å². The minimum absolute atomic E-state index is 0.0900. The van der Waals surface area contributed by atoms with Gasteiger partial charge in [0.2, 0.25) is 5.91 Å². The highest BCUT2D eigenvalue weighted by Gasteiger charge is 2.43. The Labute approximate surface area is 159 Å². The van der Waals surface area contributed by atoms with E-state index in [1.165, 1.54) is 25.3 Å². The van der Waals surface area contributed by atoms with Crippen molar-refractivity contribution in [2.75, 3.05) is 19.0 Å². The molecule has 0 atom stereocenters. The number of ether oxygens (including phenoxy) is 4. The maximum atomic E-state index is 13.0. The predicted molar refractivity (Wildman–Crippen MR) is 93.7 cm³/mol. The zero-order valence-corrected chi connectivity index (χ0v) is 14.8. The van der Waals surface area contributed by atoms with Gasteiger partial charge in [0.15, 0.2) is 23.0 Å². The van der Waals surface area contributed by atoms with Gasteiger partial charge in [0, 0.05) is 24.2 Å². The monoisotopic (exact) mass is 390 g/mol. The molecule has 0 bridgehead atoms. The Morgan fingerprint density at radius 1 is 1.18 bits per heavy atom. The number of rotatable bonds is 7. The number of nitrogens with one attached hydrogen (secondary N) is 1. The van der Waals surface area contributed by atoms with Gasteiger partial charge >= 0.3 is 6.29 Å². The van der Waals surface area contributed by atoms with Gasteiger partial charge < -0.3 is 24.3 Å². The van der Waals surface area contributed by atoms with Gasteiger partial charge in [0.1, 0.15) is 0 Å². The van der Waals surface area contributed by atoms with Gasteiger partial charge in [-0.1, -0.05) is 0 Å². The number of fused-ring (bicyclic) bond motifs is 1. The highest BCUT2D eigenvalue weighted by atomic mass is 19.3. The first-order valence-electron chi connectivity index (χ1n) is 8.31. The number of hydrogen-bond acceptors (Lipinski definition) is 6. The molecule has 2 aromatic rings. The molecule has 0 aliphatic carbocycles. The predicted octanol–water partition coefficient (Wildman–Crippen LogP) is 3.69. The Balaban J connectivity index is 1.47. The normalized spacial score (nSPS) is 13.5. The largest absolute Gasteiger partial charge is 0.586 e. The molecular weight excluding hydrogens is 374 g/mol. The lowest BCUT2D eigenvalue weighted by Crippen LogP contribution is -2.25. The van der Waals surface area contributed by atoms with Crippen LogP contribution in [0.2, 0.25) is 0 Å². The van der Waals surface area contributed by atoms with Crippen LogP contribution < -0.4 is 24.3 Å². The maximum Gasteiger partial charge on any atom is 0.586 e. The number of methoxy groups -OCH3 is 1. The lowest BCUT2D eigenvalue weighted by Gasteiger charge is -2.11. The highest BCUT2D eigenvalue weighted by molar-refractivity contribution is 5.91. The number of carbonyl (C=O) groups is 1. The van der Waals surface area contributed by atoms with Gasteiger partial charge in [-0.05, 0) is 30.7 Å². The molecule has 0 radical (unpaired) electrons. The second kappa shape index (κ2) is 8.00. The summed E-state index contributed by atoms with van der Waals surface area (Å²) in [4.78, 5) is 12.0. The molecule has 1 N–H and O–H groups in total. The molecule has 3 rings (SSSR count). The van der Waals surface area contributed by atoms with Gasteiger partial charge in [-0.2, -0.15) is 5.26 Å². The molecule has 2 aromatic carbocycles. The van der Waals surface area contributed by atoms with Crippen molar-refractivity contribution < 1.29 is 32.5 Å². The molecule has 0 saturated carbocycles. The number of nitrogens with zero attached hydrogens (tertiary/aromatic N) is 1. The van der Waals surface area contributed by atoms with E-state index in [2.05, 4.69) is 14.8 Å². The molecule has 0 spiro atoms. The van der Waals surface area contributed by atoms with Crippen LogP contribution in [-0.4, -0.2) is 25.9 Å². The van der Waals surface area contributed by atoms with Gasteiger partial charge in [-0.3, -0.25) is 4.79 Å². The molecule has 1 amide bonds. The Kier molecular flexibility index (Phi) is 5.49. The van der Waals surface area contributed by atoms with Gasteiger partial charge in [0.25, 0.3) is 0 Å². The molecule has 28 heavy (non-hydrogen) atoms. The van der Waals surface area contributed by atoms with Crippen LogP contribution in [0, 0.1) is 11.3 Å². The van der Waals surface area contributed by atoms with E-state index in [4.69, 9.17) is 14.7 Å². The van der Waals surface area contributed by atoms with Gasteiger partial charge in [-0.15, -0.1) is 8.78 Å². The van der Waals surface area contributed by atoms with Crippen molar-refractivity contribution in [3.05, 3.63) is 42.0 Å². The number of carbonyl (C=O) groups excluding carboxylic acids is 1. The minimum atomic E-state index is -3.70. The van der Waals surface area contributed by atoms with Crippen molar-refractivity contribution in [2.45, 2.75) is 19.1 Å². The van der Waals surface area contributed by atoms with Crippen LogP contribution in [0.15, 0.2) is 36.4 Å². The third-order valence-electron chi connectivity index (χ3n) is 3.78. The first-order chi connectivity index (χ1) is 13.4. The van der Waals surface area contributed by atoms with Crippen molar-refractivity contribution in [2.24, 2.45) is 0 Å². The quantitative estimate of drug-likeness (QED) is 0.726. The SMILES string of the molecule is COc1cc(C#N)ccc1OCCCC(=O)Nc1ccc2c(c1)OC(F)(F)O2. The zero-order chi connectivity index (χ0) is 20.1. The standard InChI is InChI=1S/C19H16F2N2O5/c1-25-16-9-12(11-22)4-6-14(16)26-8-2-3-18(24)23-13-5-7-15-17(10-13)28-19(20,21)27-15/h4-7,9-10H,2-3,8H2,1H3,(H,23,24). The number of benzene rings is 2. The van der Waals surface area contributed by atoms with Crippen molar-refractivity contribution >= 4 is 11.6 Å². The fraction of sp³-hybridized carbons (Fsp3) is 0.263. The third kappa shape index (κ3) is 4.59. The average molecular weight is 390 g/mol. The number of hydrogen-bond donors (Lipinski definition) is 1. The summed E-state index contributed by atoms with van der Waals surface area (Å²) in [5.74, 6) is 0.368. The summed E-state index contributed by atoms with van der Waals surface area (Å²) in [5.41, 5.74) is 0.768. The second-order valence-electron chi connectivity index (χ2n) is 5.81. The van der Waals surface area contributed by atoms with E-state index in [0.717, 1.165) is 0 Å². The van der Waals surface area contributed by atoms with E-state index in [9.17, 15) is 13.6 Å². The summed E-state index contributed by atoms with van der Waals surface area (Å²) < 4.78 is 45.4. The third-order valence-corrected chi connectivity index (χ3v) is 3.78. The Morgan fingerprint density at radius 3 is 2.71 bits per heavy atom. The lowest BCUT2D eigenvalue weighted by atomic mass is 10.2.